The van der Waals surface area contributed by atoms with E-state index >= 15 is 0 Å². The van der Waals surface area contributed by atoms with Crippen molar-refractivity contribution < 1.29 is 13.2 Å². The Balaban J connectivity index is 2.60. The van der Waals surface area contributed by atoms with Crippen molar-refractivity contribution in [1.29, 1.82) is 0 Å². The van der Waals surface area contributed by atoms with Gasteiger partial charge in [-0.1, -0.05) is 0 Å². The molecule has 94 valence electrons. The summed E-state index contributed by atoms with van der Waals surface area (Å²) in [4.78, 5) is 13.1. The topological polar surface area (TPSA) is 78.5 Å². The Morgan fingerprint density at radius 2 is 2.12 bits per heavy atom. The van der Waals surface area contributed by atoms with Crippen molar-refractivity contribution in [2.75, 3.05) is 25.9 Å². The number of amides is 2. The minimum Gasteiger partial charge on any atom is -0.338 e. The molecule has 1 heterocycles. The Kier molecular flexibility index (Phi) is 3.80. The average molecular weight is 249 g/mol. The van der Waals surface area contributed by atoms with Gasteiger partial charge in [0.15, 0.2) is 0 Å². The molecule has 0 radical (unpaired) electrons. The van der Waals surface area contributed by atoms with Crippen LogP contribution in [0.3, 0.4) is 0 Å². The third-order valence-corrected chi connectivity index (χ3v) is 3.14. The first-order valence-corrected chi connectivity index (χ1v) is 7.10. The van der Waals surface area contributed by atoms with Crippen molar-refractivity contribution in [2.24, 2.45) is 0 Å². The molecule has 2 amide bonds. The molecule has 0 atom stereocenters. The highest BCUT2D eigenvalue weighted by molar-refractivity contribution is 7.88. The number of carbonyl (C=O) groups excluding carboxylic acids is 1. The number of hydrogen-bond acceptors (Lipinski definition) is 3. The third kappa shape index (κ3) is 4.36. The molecule has 0 bridgehead atoms. The number of nitrogens with zero attached hydrogens (tertiary/aromatic N) is 1. The van der Waals surface area contributed by atoms with Crippen LogP contribution in [-0.4, -0.2) is 50.8 Å². The van der Waals surface area contributed by atoms with Gasteiger partial charge in [-0.2, -0.15) is 0 Å². The molecule has 7 heteroatoms. The highest BCUT2D eigenvalue weighted by atomic mass is 32.2. The summed E-state index contributed by atoms with van der Waals surface area (Å²) in [5.74, 6) is 0. The summed E-state index contributed by atoms with van der Waals surface area (Å²) in [6.07, 6.45) is 2.01. The predicted octanol–water partition coefficient (Wildman–Crippen LogP) is -0.270. The van der Waals surface area contributed by atoms with Gasteiger partial charge < -0.3 is 10.2 Å². The molecule has 0 aromatic heterocycles. The van der Waals surface area contributed by atoms with E-state index in [1.807, 2.05) is 0 Å². The highest BCUT2D eigenvalue weighted by Crippen LogP contribution is 2.09. The largest absolute Gasteiger partial charge is 0.338 e. The Morgan fingerprint density at radius 3 is 2.62 bits per heavy atom. The van der Waals surface area contributed by atoms with Crippen LogP contribution in [0.5, 0.6) is 0 Å². The lowest BCUT2D eigenvalue weighted by Gasteiger charge is -2.35. The van der Waals surface area contributed by atoms with Crippen LogP contribution in [0.4, 0.5) is 4.79 Å². The molecule has 6 nitrogen and oxygen atoms in total. The smallest absolute Gasteiger partial charge is 0.317 e. The molecule has 1 saturated heterocycles. The molecule has 1 aliphatic heterocycles. The van der Waals surface area contributed by atoms with E-state index in [4.69, 9.17) is 0 Å². The normalized spacial score (nSPS) is 18.4. The number of nitrogens with one attached hydrogen (secondary N) is 2. The number of urea groups is 1. The molecule has 0 unspecified atom stereocenters. The molecule has 0 spiro atoms. The molecule has 2 N–H and O–H groups in total. The van der Waals surface area contributed by atoms with E-state index in [0.29, 0.717) is 19.6 Å². The molecule has 0 saturated carbocycles. The lowest BCUT2D eigenvalue weighted by atomic mass is 10.1. The van der Waals surface area contributed by atoms with Crippen LogP contribution in [-0.2, 0) is 10.0 Å². The van der Waals surface area contributed by atoms with Crippen molar-refractivity contribution in [3.8, 4) is 0 Å². The van der Waals surface area contributed by atoms with Crippen molar-refractivity contribution in [3.63, 3.8) is 0 Å². The zero-order chi connectivity index (χ0) is 12.4. The molecule has 0 aliphatic carbocycles. The molecule has 16 heavy (non-hydrogen) atoms. The van der Waals surface area contributed by atoms with Crippen molar-refractivity contribution in [2.45, 2.75) is 25.8 Å². The van der Waals surface area contributed by atoms with Gasteiger partial charge in [-0.15, -0.1) is 0 Å². The Morgan fingerprint density at radius 1 is 1.50 bits per heavy atom. The van der Waals surface area contributed by atoms with Crippen LogP contribution in [0.15, 0.2) is 0 Å². The van der Waals surface area contributed by atoms with Gasteiger partial charge in [0, 0.05) is 25.2 Å². The standard InChI is InChI=1S/C9H19N3O3S/c1-9(2,11-16(3,14)15)7-12-6-4-5-10-8(12)13/h11H,4-7H2,1-3H3,(H,10,13). The van der Waals surface area contributed by atoms with E-state index in [0.717, 1.165) is 12.7 Å². The number of hydrogen-bond donors (Lipinski definition) is 2. The van der Waals surface area contributed by atoms with Crippen molar-refractivity contribution in [3.05, 3.63) is 0 Å². The first-order chi connectivity index (χ1) is 7.20. The Bertz CT molecular complexity index is 364. The minimum absolute atomic E-state index is 0.130. The molecule has 1 rings (SSSR count). The summed E-state index contributed by atoms with van der Waals surface area (Å²) in [6, 6.07) is -0.130. The molecular formula is C9H19N3O3S. The summed E-state index contributed by atoms with van der Waals surface area (Å²) in [6.45, 7) is 5.24. The second-order valence-electron chi connectivity index (χ2n) is 4.77. The van der Waals surface area contributed by atoms with E-state index in [9.17, 15) is 13.2 Å². The minimum atomic E-state index is -3.26. The van der Waals surface area contributed by atoms with Crippen LogP contribution in [0.2, 0.25) is 0 Å². The second-order valence-corrected chi connectivity index (χ2v) is 6.51. The lowest BCUT2D eigenvalue weighted by Crippen LogP contribution is -2.56. The number of carbonyl (C=O) groups is 1. The van der Waals surface area contributed by atoms with E-state index in [1.165, 1.54) is 0 Å². The molecular weight excluding hydrogens is 230 g/mol. The van der Waals surface area contributed by atoms with Gasteiger partial charge in [0.25, 0.3) is 0 Å². The van der Waals surface area contributed by atoms with Gasteiger partial charge in [0.2, 0.25) is 10.0 Å². The zero-order valence-corrected chi connectivity index (χ0v) is 10.7. The summed E-state index contributed by atoms with van der Waals surface area (Å²) in [5.41, 5.74) is -0.651. The van der Waals surface area contributed by atoms with Gasteiger partial charge in [0.05, 0.1) is 6.26 Å². The first-order valence-electron chi connectivity index (χ1n) is 5.21. The van der Waals surface area contributed by atoms with Crippen LogP contribution in [0.1, 0.15) is 20.3 Å². The Labute approximate surface area is 96.4 Å². The van der Waals surface area contributed by atoms with Crippen LogP contribution >= 0.6 is 0 Å². The van der Waals surface area contributed by atoms with E-state index in [2.05, 4.69) is 10.0 Å². The number of sulfonamides is 1. The maximum Gasteiger partial charge on any atom is 0.317 e. The van der Waals surface area contributed by atoms with Crippen molar-refractivity contribution >= 4 is 16.1 Å². The summed E-state index contributed by atoms with van der Waals surface area (Å²) < 4.78 is 24.8. The summed E-state index contributed by atoms with van der Waals surface area (Å²) in [5, 5.41) is 2.73. The quantitative estimate of drug-likeness (QED) is 0.720. The van der Waals surface area contributed by atoms with Gasteiger partial charge in [-0.25, -0.2) is 17.9 Å². The first kappa shape index (κ1) is 13.2. The van der Waals surface area contributed by atoms with Gasteiger partial charge in [-0.05, 0) is 20.3 Å². The zero-order valence-electron chi connectivity index (χ0n) is 9.91. The maximum atomic E-state index is 11.5. The monoisotopic (exact) mass is 249 g/mol. The molecule has 1 aliphatic rings. The fraction of sp³-hybridized carbons (Fsp3) is 0.889. The fourth-order valence-electron chi connectivity index (χ4n) is 1.84. The molecule has 1 fully saturated rings. The van der Waals surface area contributed by atoms with Crippen molar-refractivity contribution in [1.82, 2.24) is 14.9 Å². The number of rotatable bonds is 4. The van der Waals surface area contributed by atoms with Gasteiger partial charge in [0.1, 0.15) is 0 Å². The van der Waals surface area contributed by atoms with Crippen LogP contribution in [0.25, 0.3) is 0 Å². The fourth-order valence-corrected chi connectivity index (χ4v) is 2.91. The molecule has 0 aromatic rings. The SMILES string of the molecule is CC(C)(CN1CCCNC1=O)NS(C)(=O)=O. The van der Waals surface area contributed by atoms with E-state index in [-0.39, 0.29) is 6.03 Å². The molecule has 0 aromatic carbocycles. The van der Waals surface area contributed by atoms with E-state index in [1.54, 1.807) is 18.7 Å². The second kappa shape index (κ2) is 4.58. The van der Waals surface area contributed by atoms with Gasteiger partial charge >= 0.3 is 6.03 Å². The summed E-state index contributed by atoms with van der Waals surface area (Å²) in [7, 11) is -3.26. The lowest BCUT2D eigenvalue weighted by molar-refractivity contribution is 0.171. The van der Waals surface area contributed by atoms with Crippen LogP contribution < -0.4 is 10.0 Å². The Hall–Kier alpha value is -0.820. The van der Waals surface area contributed by atoms with Gasteiger partial charge in [-0.3, -0.25) is 0 Å². The summed E-state index contributed by atoms with van der Waals surface area (Å²) >= 11 is 0. The van der Waals surface area contributed by atoms with E-state index < -0.39 is 15.6 Å². The third-order valence-electron chi connectivity index (χ3n) is 2.22. The average Bonchev–Trinajstić information content (AvgIpc) is 2.04. The highest BCUT2D eigenvalue weighted by Gasteiger charge is 2.28. The van der Waals surface area contributed by atoms with Crippen LogP contribution in [0, 0.1) is 0 Å². The predicted molar refractivity (Wildman–Crippen MR) is 61.6 cm³/mol. The maximum absolute atomic E-state index is 11.5.